The average molecular weight is 259 g/mol. The van der Waals surface area contributed by atoms with Gasteiger partial charge >= 0.3 is 0 Å². The van der Waals surface area contributed by atoms with E-state index in [1.54, 1.807) is 11.8 Å². The molecule has 4 heteroatoms. The fourth-order valence-corrected chi connectivity index (χ4v) is 2.94. The highest BCUT2D eigenvalue weighted by atomic mass is 32.2. The smallest absolute Gasteiger partial charge is 0.131 e. The number of hydrogen-bond acceptors (Lipinski definition) is 4. The highest BCUT2D eigenvalue weighted by molar-refractivity contribution is 7.98. The zero-order chi connectivity index (χ0) is 13.0. The van der Waals surface area contributed by atoms with E-state index in [1.807, 2.05) is 0 Å². The van der Waals surface area contributed by atoms with Crippen molar-refractivity contribution in [2.75, 3.05) is 5.73 Å². The lowest BCUT2D eigenvalue weighted by molar-refractivity contribution is 0.952. The number of nitrogens with zero attached hydrogens (tertiary/aromatic N) is 2. The van der Waals surface area contributed by atoms with Crippen LogP contribution in [0.2, 0.25) is 0 Å². The van der Waals surface area contributed by atoms with Crippen LogP contribution in [0.4, 0.5) is 5.82 Å². The molecule has 0 saturated carbocycles. The van der Waals surface area contributed by atoms with E-state index in [9.17, 15) is 0 Å². The van der Waals surface area contributed by atoms with Crippen LogP contribution in [0, 0.1) is 6.92 Å². The van der Waals surface area contributed by atoms with E-state index in [1.165, 1.54) is 17.5 Å². The summed E-state index contributed by atoms with van der Waals surface area (Å²) >= 11 is 1.72. The fourth-order valence-electron chi connectivity index (χ4n) is 1.78. The molecule has 0 bridgehead atoms. The lowest BCUT2D eigenvalue weighted by Gasteiger charge is -2.09. The van der Waals surface area contributed by atoms with Gasteiger partial charge in [0.1, 0.15) is 17.2 Å². The topological polar surface area (TPSA) is 51.8 Å². The molecule has 0 fully saturated rings. The van der Waals surface area contributed by atoms with Gasteiger partial charge in [-0.05, 0) is 24.5 Å². The van der Waals surface area contributed by atoms with Crippen LogP contribution in [-0.4, -0.2) is 9.97 Å². The van der Waals surface area contributed by atoms with E-state index >= 15 is 0 Å². The van der Waals surface area contributed by atoms with E-state index < -0.39 is 0 Å². The van der Waals surface area contributed by atoms with Gasteiger partial charge in [0.15, 0.2) is 0 Å². The Bertz CT molecular complexity index is 540. The van der Waals surface area contributed by atoms with E-state index in [-0.39, 0.29) is 0 Å². The van der Waals surface area contributed by atoms with Crippen LogP contribution >= 0.6 is 11.8 Å². The number of aryl methyl sites for hydroxylation is 1. The Balaban J connectivity index is 2.16. The summed E-state index contributed by atoms with van der Waals surface area (Å²) < 4.78 is 0. The molecular weight excluding hydrogens is 242 g/mol. The number of anilines is 1. The molecule has 2 aromatic rings. The van der Waals surface area contributed by atoms with Crippen LogP contribution in [-0.2, 0) is 12.2 Å². The molecule has 2 N–H and O–H groups in total. The number of nitrogen functional groups attached to an aromatic ring is 1. The summed E-state index contributed by atoms with van der Waals surface area (Å²) in [6.07, 6.45) is 2.40. The molecule has 0 saturated heterocycles. The number of nitrogens with two attached hydrogens (primary N) is 1. The number of benzene rings is 1. The maximum Gasteiger partial charge on any atom is 0.131 e. The first-order valence-corrected chi connectivity index (χ1v) is 6.97. The van der Waals surface area contributed by atoms with Gasteiger partial charge in [0.05, 0.1) is 0 Å². The average Bonchev–Trinajstić information content (AvgIpc) is 2.38. The normalized spacial score (nSPS) is 10.6. The van der Waals surface area contributed by atoms with Crippen LogP contribution in [0.15, 0.2) is 35.6 Å². The van der Waals surface area contributed by atoms with Gasteiger partial charge in [0, 0.05) is 11.3 Å². The van der Waals surface area contributed by atoms with Crippen LogP contribution in [0.5, 0.6) is 0 Å². The van der Waals surface area contributed by atoms with Gasteiger partial charge in [-0.15, -0.1) is 11.8 Å². The van der Waals surface area contributed by atoms with Crippen molar-refractivity contribution in [2.45, 2.75) is 31.0 Å². The fraction of sp³-hybridized carbons (Fsp3) is 0.286. The predicted octanol–water partition coefficient (Wildman–Crippen LogP) is 3.22. The molecule has 1 aromatic carbocycles. The molecule has 0 radical (unpaired) electrons. The van der Waals surface area contributed by atoms with E-state index in [0.717, 1.165) is 22.8 Å². The first-order valence-electron chi connectivity index (χ1n) is 5.99. The van der Waals surface area contributed by atoms with Crippen molar-refractivity contribution in [1.82, 2.24) is 9.97 Å². The van der Waals surface area contributed by atoms with Gasteiger partial charge in [-0.1, -0.05) is 31.2 Å². The summed E-state index contributed by atoms with van der Waals surface area (Å²) in [5.74, 6) is 1.51. The zero-order valence-electron chi connectivity index (χ0n) is 10.7. The summed E-state index contributed by atoms with van der Waals surface area (Å²) in [7, 11) is 0. The Hall–Kier alpha value is -1.55. The molecular formula is C14H17N3S. The Morgan fingerprint density at radius 3 is 2.72 bits per heavy atom. The third kappa shape index (κ3) is 2.82. The molecule has 0 aliphatic heterocycles. The van der Waals surface area contributed by atoms with E-state index in [2.05, 4.69) is 48.1 Å². The van der Waals surface area contributed by atoms with Crippen molar-refractivity contribution in [3.05, 3.63) is 47.3 Å². The summed E-state index contributed by atoms with van der Waals surface area (Å²) in [6, 6.07) is 8.41. The number of aromatic nitrogens is 2. The van der Waals surface area contributed by atoms with E-state index in [4.69, 9.17) is 5.73 Å². The van der Waals surface area contributed by atoms with Crippen molar-refractivity contribution in [1.29, 1.82) is 0 Å². The summed E-state index contributed by atoms with van der Waals surface area (Å²) in [4.78, 5) is 8.36. The third-order valence-electron chi connectivity index (χ3n) is 2.92. The Morgan fingerprint density at radius 2 is 2.00 bits per heavy atom. The molecule has 1 aromatic heterocycles. The largest absolute Gasteiger partial charge is 0.383 e. The van der Waals surface area contributed by atoms with Crippen molar-refractivity contribution in [3.8, 4) is 0 Å². The Kier molecular flexibility index (Phi) is 4.20. The molecule has 18 heavy (non-hydrogen) atoms. The molecule has 2 rings (SSSR count). The monoisotopic (exact) mass is 259 g/mol. The number of hydrogen-bond donors (Lipinski definition) is 1. The maximum atomic E-state index is 5.87. The second kappa shape index (κ2) is 5.87. The quantitative estimate of drug-likeness (QED) is 0.676. The lowest BCUT2D eigenvalue weighted by atomic mass is 10.1. The maximum absolute atomic E-state index is 5.87. The molecule has 1 heterocycles. The van der Waals surface area contributed by atoms with Crippen molar-refractivity contribution < 1.29 is 0 Å². The molecule has 0 amide bonds. The molecule has 94 valence electrons. The molecule has 0 spiro atoms. The summed E-state index contributed by atoms with van der Waals surface area (Å²) in [6.45, 7) is 4.21. The minimum Gasteiger partial charge on any atom is -0.383 e. The summed E-state index contributed by atoms with van der Waals surface area (Å²) in [5.41, 5.74) is 9.56. The SMILES string of the molecule is CCc1c(N)ncnc1SCc1ccccc1C. The first-order chi connectivity index (χ1) is 8.72. The standard InChI is InChI=1S/C14H17N3S/c1-3-12-13(15)16-9-17-14(12)18-8-11-7-5-4-6-10(11)2/h4-7,9H,3,8H2,1-2H3,(H2,15,16,17). The van der Waals surface area contributed by atoms with Crippen LogP contribution in [0.25, 0.3) is 0 Å². The third-order valence-corrected chi connectivity index (χ3v) is 4.00. The van der Waals surface area contributed by atoms with Gasteiger partial charge < -0.3 is 5.73 Å². The van der Waals surface area contributed by atoms with Crippen LogP contribution < -0.4 is 5.73 Å². The minimum atomic E-state index is 0.597. The molecule has 3 nitrogen and oxygen atoms in total. The molecule has 0 unspecified atom stereocenters. The molecule has 0 atom stereocenters. The van der Waals surface area contributed by atoms with Gasteiger partial charge in [-0.3, -0.25) is 0 Å². The zero-order valence-corrected chi connectivity index (χ0v) is 11.5. The van der Waals surface area contributed by atoms with Crippen molar-refractivity contribution in [3.63, 3.8) is 0 Å². The Labute approximate surface area is 112 Å². The van der Waals surface area contributed by atoms with Gasteiger partial charge in [-0.25, -0.2) is 9.97 Å². The van der Waals surface area contributed by atoms with Gasteiger partial charge in [0.2, 0.25) is 0 Å². The van der Waals surface area contributed by atoms with Crippen molar-refractivity contribution >= 4 is 17.6 Å². The summed E-state index contributed by atoms with van der Waals surface area (Å²) in [5, 5.41) is 0.994. The minimum absolute atomic E-state index is 0.597. The van der Waals surface area contributed by atoms with Gasteiger partial charge in [0.25, 0.3) is 0 Å². The van der Waals surface area contributed by atoms with E-state index in [0.29, 0.717) is 5.82 Å². The highest BCUT2D eigenvalue weighted by Gasteiger charge is 2.08. The predicted molar refractivity (Wildman–Crippen MR) is 76.6 cm³/mol. The van der Waals surface area contributed by atoms with Crippen molar-refractivity contribution in [2.24, 2.45) is 0 Å². The van der Waals surface area contributed by atoms with Crippen LogP contribution in [0.1, 0.15) is 23.6 Å². The second-order valence-electron chi connectivity index (χ2n) is 4.11. The number of thioether (sulfide) groups is 1. The van der Waals surface area contributed by atoms with Crippen LogP contribution in [0.3, 0.4) is 0 Å². The highest BCUT2D eigenvalue weighted by Crippen LogP contribution is 2.27. The lowest BCUT2D eigenvalue weighted by Crippen LogP contribution is -2.00. The second-order valence-corrected chi connectivity index (χ2v) is 5.08. The first kappa shape index (κ1) is 12.9. The molecule has 0 aliphatic carbocycles. The molecule has 0 aliphatic rings. The van der Waals surface area contributed by atoms with Gasteiger partial charge in [-0.2, -0.15) is 0 Å². The number of rotatable bonds is 4. The Morgan fingerprint density at radius 1 is 1.22 bits per heavy atom.